The average Bonchev–Trinajstić information content (AvgIpc) is 3.00. The quantitative estimate of drug-likeness (QED) is 0.302. The molecule has 2 aliphatic rings. The number of allylic oxidation sites excluding steroid dienone is 3. The van der Waals surface area contributed by atoms with E-state index in [1.807, 2.05) is 18.3 Å². The maximum atomic E-state index is 13.8. The highest BCUT2D eigenvalue weighted by Gasteiger charge is 2.28. The van der Waals surface area contributed by atoms with E-state index in [0.29, 0.717) is 12.6 Å². The number of fused-ring (bicyclic) bond motifs is 1. The molecule has 5 rings (SSSR count). The summed E-state index contributed by atoms with van der Waals surface area (Å²) in [6.07, 6.45) is 13.8. The molecule has 6 heteroatoms. The fourth-order valence-corrected chi connectivity index (χ4v) is 5.98. The van der Waals surface area contributed by atoms with Crippen molar-refractivity contribution >= 4 is 16.8 Å². The zero-order chi connectivity index (χ0) is 27.7. The molecule has 2 aromatic carbocycles. The molecule has 40 heavy (non-hydrogen) atoms. The number of hydrogen-bond acceptors (Lipinski definition) is 4. The highest BCUT2D eigenvalue weighted by Crippen LogP contribution is 2.31. The molecule has 1 fully saturated rings. The Morgan fingerprint density at radius 1 is 1.12 bits per heavy atom. The third kappa shape index (κ3) is 7.11. The number of aromatic nitrogens is 1. The van der Waals surface area contributed by atoms with Crippen molar-refractivity contribution in [2.75, 3.05) is 26.7 Å². The van der Waals surface area contributed by atoms with E-state index in [-0.39, 0.29) is 12.1 Å². The molecule has 0 saturated carbocycles. The molecule has 1 aliphatic heterocycles. The number of nitrogens with zero attached hydrogens (tertiary/aromatic N) is 3. The first kappa shape index (κ1) is 27.9. The van der Waals surface area contributed by atoms with Crippen molar-refractivity contribution in [2.24, 2.45) is 0 Å². The van der Waals surface area contributed by atoms with Crippen LogP contribution in [0.4, 0.5) is 4.79 Å². The summed E-state index contributed by atoms with van der Waals surface area (Å²) in [6.45, 7) is 5.40. The van der Waals surface area contributed by atoms with Crippen molar-refractivity contribution in [1.82, 2.24) is 20.1 Å². The zero-order valence-electron chi connectivity index (χ0n) is 23.9. The van der Waals surface area contributed by atoms with Gasteiger partial charge in [0.2, 0.25) is 0 Å². The first-order valence-electron chi connectivity index (χ1n) is 14.8. The van der Waals surface area contributed by atoms with Gasteiger partial charge in [-0.15, -0.1) is 0 Å². The van der Waals surface area contributed by atoms with Crippen LogP contribution in [0.5, 0.6) is 0 Å². The number of pyridine rings is 1. The van der Waals surface area contributed by atoms with Crippen LogP contribution in [-0.4, -0.2) is 53.5 Å². The summed E-state index contributed by atoms with van der Waals surface area (Å²) < 4.78 is 6.10. The highest BCUT2D eigenvalue weighted by atomic mass is 16.5. The van der Waals surface area contributed by atoms with Gasteiger partial charge in [0, 0.05) is 30.5 Å². The fraction of sp³-hybridized carbons (Fsp3) is 0.412. The van der Waals surface area contributed by atoms with Gasteiger partial charge in [-0.2, -0.15) is 0 Å². The maximum Gasteiger partial charge on any atom is 0.318 e. The molecule has 1 saturated heterocycles. The summed E-state index contributed by atoms with van der Waals surface area (Å²) in [6, 6.07) is 19.1. The summed E-state index contributed by atoms with van der Waals surface area (Å²) in [5.74, 6) is 0.926. The standard InChI is InChI=1S/C34H42N4O2/c1-3-38(29-18-21-37(2)22-19-29)34(39)36-33(32-15-7-12-28-11-4-5-14-31(28)32)17-16-26-9-6-13-30(23-26)40-25-27-10-8-20-35-24-27/h4-5,7-8,10-15,20,23-24,29,33H,3,6,9,16-19,21-22,25H2,1-2H3,(H,36,39). The number of piperidine rings is 1. The van der Waals surface area contributed by atoms with Gasteiger partial charge in [-0.3, -0.25) is 4.98 Å². The Bertz CT molecular complexity index is 1320. The summed E-state index contributed by atoms with van der Waals surface area (Å²) in [7, 11) is 2.16. The second-order valence-electron chi connectivity index (χ2n) is 11.0. The minimum absolute atomic E-state index is 0.0491. The Morgan fingerprint density at radius 3 is 2.75 bits per heavy atom. The molecule has 2 heterocycles. The number of amides is 2. The summed E-state index contributed by atoms with van der Waals surface area (Å²) >= 11 is 0. The summed E-state index contributed by atoms with van der Waals surface area (Å²) in [5, 5.41) is 5.88. The first-order valence-corrected chi connectivity index (χ1v) is 14.8. The van der Waals surface area contributed by atoms with Crippen molar-refractivity contribution < 1.29 is 9.53 Å². The van der Waals surface area contributed by atoms with Crippen molar-refractivity contribution in [3.63, 3.8) is 0 Å². The number of nitrogens with one attached hydrogen (secondary N) is 1. The molecule has 1 N–H and O–H groups in total. The summed E-state index contributed by atoms with van der Waals surface area (Å²) in [4.78, 5) is 22.3. The lowest BCUT2D eigenvalue weighted by atomic mass is 9.92. The number of carbonyl (C=O) groups excluding carboxylic acids is 1. The summed E-state index contributed by atoms with van der Waals surface area (Å²) in [5.41, 5.74) is 3.62. The fourth-order valence-electron chi connectivity index (χ4n) is 5.98. The van der Waals surface area contributed by atoms with Gasteiger partial charge < -0.3 is 19.9 Å². The van der Waals surface area contributed by atoms with E-state index in [1.165, 1.54) is 21.9 Å². The maximum absolute atomic E-state index is 13.8. The number of benzene rings is 2. The number of hydrogen-bond donors (Lipinski definition) is 1. The van der Waals surface area contributed by atoms with E-state index >= 15 is 0 Å². The zero-order valence-corrected chi connectivity index (χ0v) is 23.9. The Morgan fingerprint density at radius 2 is 1.95 bits per heavy atom. The van der Waals surface area contributed by atoms with Gasteiger partial charge in [0.1, 0.15) is 12.4 Å². The normalized spacial score (nSPS) is 17.1. The predicted molar refractivity (Wildman–Crippen MR) is 162 cm³/mol. The molecule has 3 aromatic rings. The molecular formula is C34H42N4O2. The molecule has 0 radical (unpaired) electrons. The van der Waals surface area contributed by atoms with Crippen LogP contribution in [-0.2, 0) is 11.3 Å². The van der Waals surface area contributed by atoms with Gasteiger partial charge in [0.05, 0.1) is 6.04 Å². The Hall–Kier alpha value is -3.64. The smallest absolute Gasteiger partial charge is 0.318 e. The molecule has 1 aromatic heterocycles. The molecule has 6 nitrogen and oxygen atoms in total. The third-order valence-corrected chi connectivity index (χ3v) is 8.27. The molecule has 0 bridgehead atoms. The second kappa shape index (κ2) is 13.6. The first-order chi connectivity index (χ1) is 19.6. The topological polar surface area (TPSA) is 57.7 Å². The molecule has 1 aliphatic carbocycles. The minimum atomic E-state index is -0.0783. The van der Waals surface area contributed by atoms with Gasteiger partial charge in [-0.25, -0.2) is 4.79 Å². The number of ether oxygens (including phenoxy) is 1. The van der Waals surface area contributed by atoms with Crippen molar-refractivity contribution in [1.29, 1.82) is 0 Å². The van der Waals surface area contributed by atoms with Gasteiger partial charge in [0.25, 0.3) is 0 Å². The van der Waals surface area contributed by atoms with Gasteiger partial charge in [-0.1, -0.05) is 54.1 Å². The van der Waals surface area contributed by atoms with Gasteiger partial charge in [-0.05, 0) is 100 Å². The monoisotopic (exact) mass is 538 g/mol. The average molecular weight is 539 g/mol. The van der Waals surface area contributed by atoms with Crippen molar-refractivity contribution in [3.05, 3.63) is 102 Å². The van der Waals surface area contributed by atoms with Crippen LogP contribution in [0.15, 0.2) is 90.5 Å². The van der Waals surface area contributed by atoms with Crippen LogP contribution in [0.25, 0.3) is 10.8 Å². The molecule has 1 unspecified atom stereocenters. The number of carbonyl (C=O) groups is 1. The lowest BCUT2D eigenvalue weighted by Gasteiger charge is -2.37. The van der Waals surface area contributed by atoms with Crippen LogP contribution in [0.1, 0.15) is 62.6 Å². The largest absolute Gasteiger partial charge is 0.489 e. The molecule has 0 spiro atoms. The lowest BCUT2D eigenvalue weighted by Crippen LogP contribution is -2.50. The lowest BCUT2D eigenvalue weighted by molar-refractivity contribution is 0.132. The Labute approximate surface area is 238 Å². The highest BCUT2D eigenvalue weighted by molar-refractivity contribution is 5.86. The SMILES string of the molecule is CCN(C(=O)NC(CCC1=CC(OCc2cccnc2)=CCC1)c1cccc2ccccc12)C1CCN(C)CC1. The number of urea groups is 1. The third-order valence-electron chi connectivity index (χ3n) is 8.27. The Kier molecular flexibility index (Phi) is 9.50. The van der Waals surface area contributed by atoms with E-state index in [0.717, 1.165) is 69.5 Å². The minimum Gasteiger partial charge on any atom is -0.489 e. The molecular weight excluding hydrogens is 496 g/mol. The van der Waals surface area contributed by atoms with Gasteiger partial charge in [0.15, 0.2) is 0 Å². The predicted octanol–water partition coefficient (Wildman–Crippen LogP) is 7.00. The van der Waals surface area contributed by atoms with Crippen molar-refractivity contribution in [2.45, 2.75) is 64.1 Å². The van der Waals surface area contributed by atoms with Crippen LogP contribution in [0.3, 0.4) is 0 Å². The van der Waals surface area contributed by atoms with E-state index in [1.54, 1.807) is 6.20 Å². The van der Waals surface area contributed by atoms with E-state index < -0.39 is 0 Å². The molecule has 210 valence electrons. The van der Waals surface area contributed by atoms with Crippen LogP contribution >= 0.6 is 0 Å². The van der Waals surface area contributed by atoms with E-state index in [4.69, 9.17) is 4.74 Å². The van der Waals surface area contributed by atoms with Gasteiger partial charge >= 0.3 is 6.03 Å². The number of rotatable bonds is 10. The molecule has 1 atom stereocenters. The van der Waals surface area contributed by atoms with Crippen LogP contribution in [0, 0.1) is 0 Å². The Balaban J connectivity index is 1.31. The van der Waals surface area contributed by atoms with Crippen molar-refractivity contribution in [3.8, 4) is 0 Å². The number of likely N-dealkylation sites (tertiary alicyclic amines) is 1. The van der Waals surface area contributed by atoms with E-state index in [2.05, 4.69) is 88.7 Å². The van der Waals surface area contributed by atoms with Crippen LogP contribution < -0.4 is 5.32 Å². The molecule has 2 amide bonds. The second-order valence-corrected chi connectivity index (χ2v) is 11.0. The van der Waals surface area contributed by atoms with E-state index in [9.17, 15) is 4.79 Å². The van der Waals surface area contributed by atoms with Crippen LogP contribution in [0.2, 0.25) is 0 Å².